The Morgan fingerprint density at radius 3 is 3.00 bits per heavy atom. The van der Waals surface area contributed by atoms with Gasteiger partial charge in [-0.15, -0.1) is 0 Å². The van der Waals surface area contributed by atoms with Crippen molar-refractivity contribution in [2.45, 2.75) is 38.6 Å². The van der Waals surface area contributed by atoms with Crippen molar-refractivity contribution < 1.29 is 4.52 Å². The molecule has 22 heavy (non-hydrogen) atoms. The van der Waals surface area contributed by atoms with E-state index >= 15 is 0 Å². The molecule has 0 radical (unpaired) electrons. The predicted molar refractivity (Wildman–Crippen MR) is 80.7 cm³/mol. The van der Waals surface area contributed by atoms with E-state index in [-0.39, 0.29) is 12.1 Å². The molecule has 0 bridgehead atoms. The first-order valence-electron chi connectivity index (χ1n) is 7.49. The maximum Gasteiger partial charge on any atom is 0.261 e. The van der Waals surface area contributed by atoms with Crippen molar-refractivity contribution >= 4 is 10.9 Å². The van der Waals surface area contributed by atoms with E-state index in [1.165, 1.54) is 11.0 Å². The molecule has 0 saturated heterocycles. The minimum absolute atomic E-state index is 0.0712. The quantitative estimate of drug-likeness (QED) is 0.742. The molecular formula is C16H16N4O2. The van der Waals surface area contributed by atoms with Gasteiger partial charge in [-0.1, -0.05) is 23.7 Å². The van der Waals surface area contributed by atoms with E-state index < -0.39 is 0 Å². The second-order valence-corrected chi connectivity index (χ2v) is 5.82. The minimum Gasteiger partial charge on any atom is -0.339 e. The normalized spacial score (nSPS) is 15.1. The molecular weight excluding hydrogens is 280 g/mol. The Kier molecular flexibility index (Phi) is 3.03. The number of hydrogen-bond donors (Lipinski definition) is 0. The van der Waals surface area contributed by atoms with Crippen LogP contribution in [0, 0.1) is 6.92 Å². The van der Waals surface area contributed by atoms with E-state index in [4.69, 9.17) is 4.52 Å². The Hall–Kier alpha value is -2.50. The van der Waals surface area contributed by atoms with Gasteiger partial charge in [0.25, 0.3) is 5.56 Å². The van der Waals surface area contributed by atoms with Crippen molar-refractivity contribution in [3.8, 4) is 0 Å². The van der Waals surface area contributed by atoms with E-state index in [2.05, 4.69) is 15.1 Å². The van der Waals surface area contributed by atoms with Crippen molar-refractivity contribution in [3.63, 3.8) is 0 Å². The molecule has 1 fully saturated rings. The second-order valence-electron chi connectivity index (χ2n) is 5.82. The molecule has 0 unspecified atom stereocenters. The van der Waals surface area contributed by atoms with Crippen LogP contribution in [-0.4, -0.2) is 19.7 Å². The van der Waals surface area contributed by atoms with Gasteiger partial charge in [0.15, 0.2) is 5.82 Å². The fourth-order valence-electron chi connectivity index (χ4n) is 2.78. The lowest BCUT2D eigenvalue weighted by Crippen LogP contribution is -2.22. The molecule has 1 saturated carbocycles. The molecule has 2 aromatic heterocycles. The molecule has 2 heterocycles. The lowest BCUT2D eigenvalue weighted by Gasteiger charge is -2.20. The summed E-state index contributed by atoms with van der Waals surface area (Å²) < 4.78 is 6.83. The molecule has 6 nitrogen and oxygen atoms in total. The summed E-state index contributed by atoms with van der Waals surface area (Å²) in [5, 5.41) is 4.63. The van der Waals surface area contributed by atoms with Crippen LogP contribution in [0.5, 0.6) is 0 Å². The summed E-state index contributed by atoms with van der Waals surface area (Å²) in [6.45, 7) is 2.20. The fourth-order valence-corrected chi connectivity index (χ4v) is 2.78. The average Bonchev–Trinajstić information content (AvgIpc) is 2.88. The first-order valence-corrected chi connectivity index (χ1v) is 7.49. The first-order chi connectivity index (χ1) is 10.7. The van der Waals surface area contributed by atoms with Gasteiger partial charge in [0.1, 0.15) is 0 Å². The maximum atomic E-state index is 12.6. The Labute approximate surface area is 126 Å². The first kappa shape index (κ1) is 13.2. The van der Waals surface area contributed by atoms with Crippen LogP contribution in [0.15, 0.2) is 33.8 Å². The highest BCUT2D eigenvalue weighted by atomic mass is 16.5. The number of rotatable bonds is 3. The molecule has 1 aliphatic rings. The number of nitrogens with zero attached hydrogens (tertiary/aromatic N) is 4. The molecule has 1 aromatic carbocycles. The van der Waals surface area contributed by atoms with E-state index in [9.17, 15) is 4.79 Å². The maximum absolute atomic E-state index is 12.6. The number of fused-ring (bicyclic) bond motifs is 1. The second kappa shape index (κ2) is 5.05. The minimum atomic E-state index is -0.0712. The standard InChI is InChI=1S/C16H16N4O2/c1-10-4-2-7-12-14(10)16(21)20(9-17-12)8-13-18-15(22-19-13)11-5-3-6-11/h2,4,7,9,11H,3,5-6,8H2,1H3. The molecule has 0 amide bonds. The van der Waals surface area contributed by atoms with Gasteiger partial charge >= 0.3 is 0 Å². The van der Waals surface area contributed by atoms with Crippen LogP contribution in [0.2, 0.25) is 0 Å². The van der Waals surface area contributed by atoms with Crippen molar-refractivity contribution in [1.82, 2.24) is 19.7 Å². The monoisotopic (exact) mass is 296 g/mol. The molecule has 1 aliphatic carbocycles. The summed E-state index contributed by atoms with van der Waals surface area (Å²) in [5.41, 5.74) is 1.57. The number of hydrogen-bond acceptors (Lipinski definition) is 5. The SMILES string of the molecule is Cc1cccc2ncn(Cc3noc(C4CCC4)n3)c(=O)c12. The highest BCUT2D eigenvalue weighted by molar-refractivity contribution is 5.80. The number of aromatic nitrogens is 4. The van der Waals surface area contributed by atoms with E-state index in [0.717, 1.165) is 18.4 Å². The Bertz CT molecular complexity index is 893. The van der Waals surface area contributed by atoms with Crippen molar-refractivity contribution in [2.75, 3.05) is 0 Å². The zero-order valence-electron chi connectivity index (χ0n) is 12.3. The zero-order chi connectivity index (χ0) is 15.1. The highest BCUT2D eigenvalue weighted by Crippen LogP contribution is 2.35. The summed E-state index contributed by atoms with van der Waals surface area (Å²) >= 11 is 0. The highest BCUT2D eigenvalue weighted by Gasteiger charge is 2.25. The fraction of sp³-hybridized carbons (Fsp3) is 0.375. The van der Waals surface area contributed by atoms with E-state index in [1.807, 2.05) is 25.1 Å². The van der Waals surface area contributed by atoms with E-state index in [1.54, 1.807) is 6.33 Å². The van der Waals surface area contributed by atoms with Gasteiger partial charge < -0.3 is 4.52 Å². The van der Waals surface area contributed by atoms with Gasteiger partial charge in [0, 0.05) is 5.92 Å². The lowest BCUT2D eigenvalue weighted by atomic mass is 9.85. The van der Waals surface area contributed by atoms with Crippen molar-refractivity contribution in [1.29, 1.82) is 0 Å². The summed E-state index contributed by atoms with van der Waals surface area (Å²) in [5.74, 6) is 1.62. The molecule has 6 heteroatoms. The Morgan fingerprint density at radius 2 is 2.23 bits per heavy atom. The van der Waals surface area contributed by atoms with Gasteiger partial charge in [0.2, 0.25) is 5.89 Å². The van der Waals surface area contributed by atoms with Crippen LogP contribution in [0.4, 0.5) is 0 Å². The van der Waals surface area contributed by atoms with Crippen LogP contribution < -0.4 is 5.56 Å². The number of benzene rings is 1. The van der Waals surface area contributed by atoms with Crippen LogP contribution in [0.3, 0.4) is 0 Å². The van der Waals surface area contributed by atoms with Gasteiger partial charge in [-0.05, 0) is 31.4 Å². The van der Waals surface area contributed by atoms with Crippen LogP contribution in [0.25, 0.3) is 10.9 Å². The van der Waals surface area contributed by atoms with Crippen LogP contribution in [-0.2, 0) is 6.54 Å². The van der Waals surface area contributed by atoms with Gasteiger partial charge in [0.05, 0.1) is 23.8 Å². The predicted octanol–water partition coefficient (Wildman–Crippen LogP) is 2.40. The summed E-state index contributed by atoms with van der Waals surface area (Å²) in [4.78, 5) is 21.3. The van der Waals surface area contributed by atoms with Gasteiger partial charge in [-0.2, -0.15) is 4.98 Å². The van der Waals surface area contributed by atoms with Gasteiger partial charge in [-0.25, -0.2) is 4.98 Å². The van der Waals surface area contributed by atoms with Crippen molar-refractivity contribution in [3.05, 3.63) is 52.2 Å². The molecule has 0 aliphatic heterocycles. The molecule has 0 spiro atoms. The molecule has 0 atom stereocenters. The average molecular weight is 296 g/mol. The summed E-state index contributed by atoms with van der Waals surface area (Å²) in [6.07, 6.45) is 4.98. The summed E-state index contributed by atoms with van der Waals surface area (Å²) in [6, 6.07) is 5.66. The largest absolute Gasteiger partial charge is 0.339 e. The van der Waals surface area contributed by atoms with Gasteiger partial charge in [-0.3, -0.25) is 9.36 Å². The molecule has 3 aromatic rings. The smallest absolute Gasteiger partial charge is 0.261 e. The van der Waals surface area contributed by atoms with E-state index in [0.29, 0.717) is 28.5 Å². The molecule has 4 rings (SSSR count). The van der Waals surface area contributed by atoms with Crippen LogP contribution in [0.1, 0.15) is 42.5 Å². The Morgan fingerprint density at radius 1 is 1.36 bits per heavy atom. The number of aryl methyl sites for hydroxylation is 1. The van der Waals surface area contributed by atoms with Crippen LogP contribution >= 0.6 is 0 Å². The Balaban J connectivity index is 1.69. The molecule has 0 N–H and O–H groups in total. The zero-order valence-corrected chi connectivity index (χ0v) is 12.3. The summed E-state index contributed by atoms with van der Waals surface area (Å²) in [7, 11) is 0. The third kappa shape index (κ3) is 2.11. The third-order valence-electron chi connectivity index (χ3n) is 4.31. The van der Waals surface area contributed by atoms with Crippen molar-refractivity contribution in [2.24, 2.45) is 0 Å². The third-order valence-corrected chi connectivity index (χ3v) is 4.31. The molecule has 112 valence electrons. The topological polar surface area (TPSA) is 73.8 Å². The lowest BCUT2D eigenvalue weighted by molar-refractivity contribution is 0.291.